The second-order valence-electron chi connectivity index (χ2n) is 8.26. The second kappa shape index (κ2) is 8.01. The first-order valence-electron chi connectivity index (χ1n) is 10.2. The van der Waals surface area contributed by atoms with E-state index in [1.54, 1.807) is 4.90 Å². The van der Waals surface area contributed by atoms with E-state index < -0.39 is 6.04 Å². The first-order valence-corrected chi connectivity index (χ1v) is 10.2. The average molecular weight is 384 g/mol. The maximum absolute atomic E-state index is 13.1. The molecule has 4 rings (SSSR count). The van der Waals surface area contributed by atoms with Gasteiger partial charge >= 0.3 is 0 Å². The predicted octanol–water partition coefficient (Wildman–Crippen LogP) is 0.879. The van der Waals surface area contributed by atoms with E-state index >= 15 is 0 Å². The summed E-state index contributed by atoms with van der Waals surface area (Å²) in [7, 11) is 2.10. The first kappa shape index (κ1) is 19.1. The van der Waals surface area contributed by atoms with Gasteiger partial charge in [-0.2, -0.15) is 0 Å². The van der Waals surface area contributed by atoms with Crippen molar-refractivity contribution >= 4 is 17.7 Å². The molecule has 0 radical (unpaired) electrons. The molecule has 0 bridgehead atoms. The van der Waals surface area contributed by atoms with Gasteiger partial charge in [-0.1, -0.05) is 18.2 Å². The average Bonchev–Trinajstić information content (AvgIpc) is 3.00. The fourth-order valence-electron chi connectivity index (χ4n) is 4.70. The van der Waals surface area contributed by atoms with Gasteiger partial charge in [0.05, 0.1) is 0 Å². The molecule has 3 heterocycles. The highest BCUT2D eigenvalue weighted by atomic mass is 16.2. The van der Waals surface area contributed by atoms with Gasteiger partial charge in [0.2, 0.25) is 11.8 Å². The molecule has 7 nitrogen and oxygen atoms in total. The van der Waals surface area contributed by atoms with Gasteiger partial charge in [-0.3, -0.25) is 19.7 Å². The quantitative estimate of drug-likeness (QED) is 0.737. The van der Waals surface area contributed by atoms with Crippen LogP contribution in [0.25, 0.3) is 0 Å². The number of benzene rings is 1. The number of nitrogens with one attached hydrogen (secondary N) is 2. The number of nitrogens with zero attached hydrogens (tertiary/aromatic N) is 2. The van der Waals surface area contributed by atoms with Crippen molar-refractivity contribution in [1.29, 1.82) is 0 Å². The van der Waals surface area contributed by atoms with Crippen LogP contribution in [0.15, 0.2) is 18.2 Å². The fraction of sp³-hybridized carbons (Fsp3) is 0.571. The number of rotatable bonds is 5. The molecule has 1 unspecified atom stereocenters. The van der Waals surface area contributed by atoms with Gasteiger partial charge in [0.1, 0.15) is 6.04 Å². The summed E-state index contributed by atoms with van der Waals surface area (Å²) in [4.78, 5) is 40.7. The molecule has 2 saturated heterocycles. The summed E-state index contributed by atoms with van der Waals surface area (Å²) in [6.07, 6.45) is 3.14. The smallest absolute Gasteiger partial charge is 0.255 e. The lowest BCUT2D eigenvalue weighted by molar-refractivity contribution is -0.136. The summed E-state index contributed by atoms with van der Waals surface area (Å²) in [6.45, 7) is 4.32. The van der Waals surface area contributed by atoms with Crippen LogP contribution in [0, 0.1) is 5.92 Å². The van der Waals surface area contributed by atoms with E-state index in [1.165, 1.54) is 12.8 Å². The van der Waals surface area contributed by atoms with Crippen molar-refractivity contribution in [3.8, 4) is 0 Å². The fourth-order valence-corrected chi connectivity index (χ4v) is 4.70. The summed E-state index contributed by atoms with van der Waals surface area (Å²) < 4.78 is 0. The molecule has 2 fully saturated rings. The van der Waals surface area contributed by atoms with Crippen LogP contribution in [0.3, 0.4) is 0 Å². The van der Waals surface area contributed by atoms with Crippen LogP contribution >= 0.6 is 0 Å². The van der Waals surface area contributed by atoms with Crippen molar-refractivity contribution in [2.24, 2.45) is 5.92 Å². The lowest BCUT2D eigenvalue weighted by atomic mass is 9.98. The number of carbonyl (C=O) groups excluding carboxylic acids is 3. The third-order valence-corrected chi connectivity index (χ3v) is 6.05. The summed E-state index contributed by atoms with van der Waals surface area (Å²) in [5, 5.41) is 5.81. The van der Waals surface area contributed by atoms with Crippen LogP contribution in [-0.4, -0.2) is 60.2 Å². The minimum Gasteiger partial charge on any atom is -0.322 e. The number of amides is 3. The summed E-state index contributed by atoms with van der Waals surface area (Å²) >= 11 is 0. The van der Waals surface area contributed by atoms with E-state index in [0.717, 1.165) is 36.3 Å². The number of imide groups is 1. The number of fused-ring (bicyclic) bond motifs is 1. The molecule has 7 heteroatoms. The molecule has 3 amide bonds. The maximum Gasteiger partial charge on any atom is 0.255 e. The Morgan fingerprint density at radius 2 is 2.07 bits per heavy atom. The Bertz CT molecular complexity index is 788. The molecular weight excluding hydrogens is 356 g/mol. The Hall–Kier alpha value is -2.25. The molecule has 3 aliphatic heterocycles. The van der Waals surface area contributed by atoms with Crippen LogP contribution in [-0.2, 0) is 22.7 Å². The molecule has 1 aromatic rings. The monoisotopic (exact) mass is 384 g/mol. The van der Waals surface area contributed by atoms with E-state index in [9.17, 15) is 14.4 Å². The van der Waals surface area contributed by atoms with E-state index in [-0.39, 0.29) is 24.1 Å². The van der Waals surface area contributed by atoms with Gasteiger partial charge in [0.15, 0.2) is 0 Å². The Morgan fingerprint density at radius 1 is 1.21 bits per heavy atom. The van der Waals surface area contributed by atoms with E-state index in [2.05, 4.69) is 22.6 Å². The molecule has 0 aromatic heterocycles. The Labute approximate surface area is 165 Å². The van der Waals surface area contributed by atoms with Crippen molar-refractivity contribution in [2.75, 3.05) is 26.7 Å². The Kier molecular flexibility index (Phi) is 5.46. The number of piperidine rings is 2. The second-order valence-corrected chi connectivity index (χ2v) is 8.26. The molecular formula is C21H28N4O3. The van der Waals surface area contributed by atoms with Gasteiger partial charge in [-0.25, -0.2) is 0 Å². The Balaban J connectivity index is 1.47. The van der Waals surface area contributed by atoms with Crippen LogP contribution < -0.4 is 10.6 Å². The van der Waals surface area contributed by atoms with Crippen molar-refractivity contribution in [2.45, 2.75) is 44.8 Å². The molecule has 2 atom stereocenters. The molecule has 28 heavy (non-hydrogen) atoms. The molecule has 2 N–H and O–H groups in total. The van der Waals surface area contributed by atoms with Crippen LogP contribution in [0.1, 0.15) is 47.2 Å². The highest BCUT2D eigenvalue weighted by Gasteiger charge is 2.40. The maximum atomic E-state index is 13.1. The molecule has 0 aliphatic carbocycles. The van der Waals surface area contributed by atoms with Crippen molar-refractivity contribution in [3.05, 3.63) is 34.9 Å². The van der Waals surface area contributed by atoms with Gasteiger partial charge < -0.3 is 15.1 Å². The highest BCUT2D eigenvalue weighted by molar-refractivity contribution is 6.05. The largest absolute Gasteiger partial charge is 0.322 e. The SMILES string of the molecule is CN(Cc1cccc2c1C(=O)N(C1CCC(=O)NC1=O)C2)C[C@H]1CCCNC1. The molecule has 150 valence electrons. The van der Waals surface area contributed by atoms with Crippen molar-refractivity contribution in [3.63, 3.8) is 0 Å². The third kappa shape index (κ3) is 3.82. The topological polar surface area (TPSA) is 81.8 Å². The third-order valence-electron chi connectivity index (χ3n) is 6.05. The zero-order valence-corrected chi connectivity index (χ0v) is 16.4. The van der Waals surface area contributed by atoms with Crippen molar-refractivity contribution < 1.29 is 14.4 Å². The minimum absolute atomic E-state index is 0.0900. The molecule has 0 spiro atoms. The van der Waals surface area contributed by atoms with E-state index in [0.29, 0.717) is 25.4 Å². The number of hydrogen-bond acceptors (Lipinski definition) is 5. The standard InChI is InChI=1S/C21H28N4O3/c1-24(11-14-4-3-9-22-10-14)12-15-5-2-6-16-13-25(21(28)19(15)16)17-7-8-18(26)23-20(17)27/h2,5-6,14,17,22H,3-4,7-13H2,1H3,(H,23,26,27)/t14-,17?/m0/s1. The molecule has 0 saturated carbocycles. The van der Waals surface area contributed by atoms with Crippen LogP contribution in [0.2, 0.25) is 0 Å². The summed E-state index contributed by atoms with van der Waals surface area (Å²) in [6, 6.07) is 5.41. The van der Waals surface area contributed by atoms with Gasteiger partial charge in [0.25, 0.3) is 5.91 Å². The van der Waals surface area contributed by atoms with Gasteiger partial charge in [0, 0.05) is 31.6 Å². The zero-order chi connectivity index (χ0) is 19.7. The minimum atomic E-state index is -0.559. The molecule has 3 aliphatic rings. The normalized spacial score (nSPS) is 25.2. The highest BCUT2D eigenvalue weighted by Crippen LogP contribution is 2.30. The van der Waals surface area contributed by atoms with Gasteiger partial charge in [-0.05, 0) is 56.4 Å². The van der Waals surface area contributed by atoms with Crippen LogP contribution in [0.5, 0.6) is 0 Å². The zero-order valence-electron chi connectivity index (χ0n) is 16.4. The van der Waals surface area contributed by atoms with Crippen molar-refractivity contribution in [1.82, 2.24) is 20.4 Å². The Morgan fingerprint density at radius 3 is 2.82 bits per heavy atom. The van der Waals surface area contributed by atoms with Gasteiger partial charge in [-0.15, -0.1) is 0 Å². The first-order chi connectivity index (χ1) is 13.5. The number of hydrogen-bond donors (Lipinski definition) is 2. The van der Waals surface area contributed by atoms with E-state index in [4.69, 9.17) is 0 Å². The summed E-state index contributed by atoms with van der Waals surface area (Å²) in [5.41, 5.74) is 2.73. The van der Waals surface area contributed by atoms with Crippen LogP contribution in [0.4, 0.5) is 0 Å². The van der Waals surface area contributed by atoms with E-state index in [1.807, 2.05) is 18.2 Å². The lowest BCUT2D eigenvalue weighted by Gasteiger charge is -2.29. The lowest BCUT2D eigenvalue weighted by Crippen LogP contribution is -2.52. The summed E-state index contributed by atoms with van der Waals surface area (Å²) in [5.74, 6) is -0.0650. The molecule has 1 aromatic carbocycles. The number of carbonyl (C=O) groups is 3. The predicted molar refractivity (Wildman–Crippen MR) is 104 cm³/mol.